The Morgan fingerprint density at radius 2 is 1.88 bits per heavy atom. The van der Waals surface area contributed by atoms with Gasteiger partial charge in [-0.3, -0.25) is 0 Å². The zero-order valence-corrected chi connectivity index (χ0v) is 18.6. The van der Waals surface area contributed by atoms with Gasteiger partial charge in [-0.15, -0.1) is 0 Å². The molecule has 1 aliphatic carbocycles. The van der Waals surface area contributed by atoms with Crippen LogP contribution in [0.25, 0.3) is 0 Å². The van der Waals surface area contributed by atoms with E-state index in [1.165, 1.54) is 13.2 Å². The van der Waals surface area contributed by atoms with Gasteiger partial charge in [-0.25, -0.2) is 13.2 Å². The number of aliphatic hydroxyl groups excluding tert-OH is 2. The van der Waals surface area contributed by atoms with Gasteiger partial charge in [-0.2, -0.15) is 0 Å². The summed E-state index contributed by atoms with van der Waals surface area (Å²) in [6.07, 6.45) is -1.34. The molecule has 1 saturated carbocycles. The molecular weight excluding hydrogens is 437 g/mol. The van der Waals surface area contributed by atoms with Crippen molar-refractivity contribution in [1.82, 2.24) is 10.6 Å². The number of hydrogen-bond donors (Lipinski definition) is 4. The van der Waals surface area contributed by atoms with Gasteiger partial charge in [-0.05, 0) is 30.7 Å². The van der Waals surface area contributed by atoms with Gasteiger partial charge in [0, 0.05) is 37.6 Å². The Balaban J connectivity index is 1.49. The Hall–Kier alpha value is -2.33. The van der Waals surface area contributed by atoms with Crippen LogP contribution in [-0.4, -0.2) is 61.2 Å². The fraction of sp³-hybridized carbons (Fsp3) is 0.500. The number of rotatable bonds is 13. The molecule has 0 spiro atoms. The van der Waals surface area contributed by atoms with Crippen LogP contribution in [0.3, 0.4) is 0 Å². The normalized spacial score (nSPS) is 17.3. The average Bonchev–Trinajstić information content (AvgIpc) is 2.78. The van der Waals surface area contributed by atoms with E-state index in [4.69, 9.17) is 9.47 Å². The Morgan fingerprint density at radius 3 is 2.55 bits per heavy atom. The van der Waals surface area contributed by atoms with Crippen LogP contribution in [-0.2, 0) is 13.0 Å². The molecule has 6 nitrogen and oxygen atoms in total. The number of β-amino-alcohol motifs (C(OH)–C–C–N with tert-alkyl or cyclic N) is 1. The minimum atomic E-state index is -2.79. The summed E-state index contributed by atoms with van der Waals surface area (Å²) in [6.45, 7) is 0.545. The lowest BCUT2D eigenvalue weighted by Crippen LogP contribution is -2.64. The van der Waals surface area contributed by atoms with Gasteiger partial charge >= 0.3 is 0 Å². The van der Waals surface area contributed by atoms with Crippen molar-refractivity contribution in [3.8, 4) is 11.5 Å². The van der Waals surface area contributed by atoms with Crippen molar-refractivity contribution < 1.29 is 32.9 Å². The van der Waals surface area contributed by atoms with E-state index in [2.05, 4.69) is 10.6 Å². The third-order valence-electron chi connectivity index (χ3n) is 5.76. The standard InChI is InChI=1S/C24H31F3N2O4/c1-32-20-7-6-18(11-28-9-8-17-4-2-3-5-21(17)25)22(10-20)33-13-19(31)12-29-23(16-30)14-24(26,27)15-23/h2-7,10,19,28-31H,8-9,11-16H2,1H3. The fourth-order valence-corrected chi connectivity index (χ4v) is 3.90. The number of methoxy groups -OCH3 is 1. The number of aliphatic hydroxyl groups is 2. The van der Waals surface area contributed by atoms with E-state index in [-0.39, 0.29) is 19.0 Å². The SMILES string of the molecule is COc1ccc(CNCCc2ccccc2F)c(OCC(O)CNC2(CO)CC(F)(F)C2)c1. The van der Waals surface area contributed by atoms with Crippen molar-refractivity contribution in [2.75, 3.05) is 33.4 Å². The van der Waals surface area contributed by atoms with Crippen LogP contribution in [0.2, 0.25) is 0 Å². The Kier molecular flexibility index (Phi) is 8.58. The van der Waals surface area contributed by atoms with E-state index in [0.717, 1.165) is 5.56 Å². The zero-order chi connectivity index (χ0) is 23.9. The first-order valence-electron chi connectivity index (χ1n) is 10.9. The molecule has 182 valence electrons. The van der Waals surface area contributed by atoms with Gasteiger partial charge in [0.15, 0.2) is 0 Å². The molecule has 1 unspecified atom stereocenters. The number of nitrogens with one attached hydrogen (secondary N) is 2. The van der Waals surface area contributed by atoms with E-state index in [1.807, 2.05) is 6.07 Å². The van der Waals surface area contributed by atoms with Crippen LogP contribution in [0, 0.1) is 5.82 Å². The zero-order valence-electron chi connectivity index (χ0n) is 18.6. The Labute approximate surface area is 191 Å². The van der Waals surface area contributed by atoms with Crippen molar-refractivity contribution in [3.63, 3.8) is 0 Å². The maximum absolute atomic E-state index is 13.7. The third kappa shape index (κ3) is 7.07. The molecule has 0 aromatic heterocycles. The molecule has 1 fully saturated rings. The number of alkyl halides is 2. The first-order valence-corrected chi connectivity index (χ1v) is 10.9. The van der Waals surface area contributed by atoms with E-state index >= 15 is 0 Å². The smallest absolute Gasteiger partial charge is 0.251 e. The summed E-state index contributed by atoms with van der Waals surface area (Å²) in [5, 5.41) is 25.8. The van der Waals surface area contributed by atoms with Gasteiger partial charge in [0.2, 0.25) is 0 Å². The second-order valence-electron chi connectivity index (χ2n) is 8.49. The van der Waals surface area contributed by atoms with E-state index in [0.29, 0.717) is 36.6 Å². The van der Waals surface area contributed by atoms with Gasteiger partial charge in [-0.1, -0.05) is 24.3 Å². The lowest BCUT2D eigenvalue weighted by atomic mass is 9.74. The molecular formula is C24H31F3N2O4. The van der Waals surface area contributed by atoms with Gasteiger partial charge < -0.3 is 30.3 Å². The highest BCUT2D eigenvalue weighted by Gasteiger charge is 2.56. The van der Waals surface area contributed by atoms with Crippen molar-refractivity contribution >= 4 is 0 Å². The Morgan fingerprint density at radius 1 is 1.12 bits per heavy atom. The molecule has 3 rings (SSSR count). The maximum Gasteiger partial charge on any atom is 0.251 e. The molecule has 0 saturated heterocycles. The van der Waals surface area contributed by atoms with Gasteiger partial charge in [0.1, 0.15) is 30.0 Å². The highest BCUT2D eigenvalue weighted by atomic mass is 19.3. The highest BCUT2D eigenvalue weighted by Crippen LogP contribution is 2.45. The molecule has 1 aliphatic rings. The molecule has 4 N–H and O–H groups in total. The molecule has 9 heteroatoms. The number of benzene rings is 2. The van der Waals surface area contributed by atoms with Crippen LogP contribution in [0.1, 0.15) is 24.0 Å². The van der Waals surface area contributed by atoms with Crippen molar-refractivity contribution in [3.05, 3.63) is 59.4 Å². The number of ether oxygens (including phenoxy) is 2. The average molecular weight is 469 g/mol. The molecule has 0 heterocycles. The van der Waals surface area contributed by atoms with E-state index < -0.39 is 37.0 Å². The largest absolute Gasteiger partial charge is 0.497 e. The number of halogens is 3. The number of hydrogen-bond acceptors (Lipinski definition) is 6. The fourth-order valence-electron chi connectivity index (χ4n) is 3.90. The van der Waals surface area contributed by atoms with Crippen LogP contribution >= 0.6 is 0 Å². The van der Waals surface area contributed by atoms with Crippen molar-refractivity contribution in [1.29, 1.82) is 0 Å². The molecule has 0 aliphatic heterocycles. The minimum Gasteiger partial charge on any atom is -0.497 e. The summed E-state index contributed by atoms with van der Waals surface area (Å²) in [7, 11) is 1.53. The summed E-state index contributed by atoms with van der Waals surface area (Å²) < 4.78 is 51.2. The second kappa shape index (κ2) is 11.2. The summed E-state index contributed by atoms with van der Waals surface area (Å²) >= 11 is 0. The van der Waals surface area contributed by atoms with Crippen LogP contribution < -0.4 is 20.1 Å². The molecule has 33 heavy (non-hydrogen) atoms. The summed E-state index contributed by atoms with van der Waals surface area (Å²) in [5.74, 6) is -1.92. The van der Waals surface area contributed by atoms with Crippen molar-refractivity contribution in [2.24, 2.45) is 0 Å². The second-order valence-corrected chi connectivity index (χ2v) is 8.49. The third-order valence-corrected chi connectivity index (χ3v) is 5.76. The van der Waals surface area contributed by atoms with E-state index in [9.17, 15) is 23.4 Å². The first kappa shape index (κ1) is 25.3. The monoisotopic (exact) mass is 468 g/mol. The summed E-state index contributed by atoms with van der Waals surface area (Å²) in [5.41, 5.74) is 0.403. The lowest BCUT2D eigenvalue weighted by molar-refractivity contribution is -0.148. The molecule has 0 amide bonds. The van der Waals surface area contributed by atoms with Gasteiger partial charge in [0.25, 0.3) is 5.92 Å². The molecule has 2 aromatic carbocycles. The predicted octanol–water partition coefficient (Wildman–Crippen LogP) is 2.66. The summed E-state index contributed by atoms with van der Waals surface area (Å²) in [6, 6.07) is 12.0. The highest BCUT2D eigenvalue weighted by molar-refractivity contribution is 5.40. The lowest BCUT2D eigenvalue weighted by Gasteiger charge is -2.47. The van der Waals surface area contributed by atoms with Crippen LogP contribution in [0.5, 0.6) is 11.5 Å². The van der Waals surface area contributed by atoms with Crippen LogP contribution in [0.4, 0.5) is 13.2 Å². The first-order chi connectivity index (χ1) is 15.8. The topological polar surface area (TPSA) is 83.0 Å². The molecule has 0 bridgehead atoms. The van der Waals surface area contributed by atoms with Crippen molar-refractivity contribution in [2.45, 2.75) is 43.4 Å². The summed E-state index contributed by atoms with van der Waals surface area (Å²) in [4.78, 5) is 0. The molecule has 0 radical (unpaired) electrons. The van der Waals surface area contributed by atoms with Gasteiger partial charge in [0.05, 0.1) is 19.3 Å². The van der Waals surface area contributed by atoms with Crippen LogP contribution in [0.15, 0.2) is 42.5 Å². The minimum absolute atomic E-state index is 0.0107. The van der Waals surface area contributed by atoms with E-state index in [1.54, 1.807) is 30.3 Å². The Bertz CT molecular complexity index is 905. The quantitative estimate of drug-likeness (QED) is 0.339. The molecule has 1 atom stereocenters. The predicted molar refractivity (Wildman–Crippen MR) is 118 cm³/mol. The molecule has 2 aromatic rings. The maximum atomic E-state index is 13.7.